The Morgan fingerprint density at radius 2 is 1.55 bits per heavy atom. The number of primary sulfonamides is 1. The van der Waals surface area contributed by atoms with Gasteiger partial charge in [-0.05, 0) is 30.3 Å². The predicted molar refractivity (Wildman–Crippen MR) is 75.0 cm³/mol. The van der Waals surface area contributed by atoms with E-state index < -0.39 is 47.2 Å². The molecule has 0 atom stereocenters. The van der Waals surface area contributed by atoms with Crippen LogP contribution in [0.15, 0.2) is 52.3 Å². The van der Waals surface area contributed by atoms with Gasteiger partial charge in [0, 0.05) is 6.07 Å². The van der Waals surface area contributed by atoms with E-state index >= 15 is 0 Å². The highest BCUT2D eigenvalue weighted by Crippen LogP contribution is 2.21. The SMILES string of the molecule is NS(=O)(=O)c1cccc(S(=O)(=O)Nc2cc(F)ccc2F)c1. The lowest BCUT2D eigenvalue weighted by Gasteiger charge is -2.10. The summed E-state index contributed by atoms with van der Waals surface area (Å²) in [6.07, 6.45) is 0. The fourth-order valence-electron chi connectivity index (χ4n) is 1.60. The summed E-state index contributed by atoms with van der Waals surface area (Å²) in [5.41, 5.74) is -0.596. The molecular formula is C12H10F2N2O4S2. The first-order chi connectivity index (χ1) is 10.1. The highest BCUT2D eigenvalue weighted by Gasteiger charge is 2.19. The molecule has 3 N–H and O–H groups in total. The van der Waals surface area contributed by atoms with Gasteiger partial charge in [-0.25, -0.2) is 30.8 Å². The Labute approximate surface area is 125 Å². The molecule has 0 aliphatic rings. The van der Waals surface area contributed by atoms with Gasteiger partial charge in [0.1, 0.15) is 11.6 Å². The van der Waals surface area contributed by atoms with E-state index in [1.54, 1.807) is 0 Å². The van der Waals surface area contributed by atoms with E-state index in [1.807, 2.05) is 4.72 Å². The van der Waals surface area contributed by atoms with Crippen molar-refractivity contribution in [3.05, 3.63) is 54.1 Å². The van der Waals surface area contributed by atoms with Gasteiger partial charge in [0.25, 0.3) is 10.0 Å². The number of anilines is 1. The Hall–Kier alpha value is -2.04. The van der Waals surface area contributed by atoms with Gasteiger partial charge >= 0.3 is 0 Å². The Balaban J connectivity index is 2.45. The Bertz CT molecular complexity index is 928. The fourth-order valence-corrected chi connectivity index (χ4v) is 3.34. The molecule has 118 valence electrons. The molecule has 0 aromatic heterocycles. The molecule has 0 bridgehead atoms. The summed E-state index contributed by atoms with van der Waals surface area (Å²) in [5.74, 6) is -1.81. The number of nitrogens with two attached hydrogens (primary N) is 1. The van der Waals surface area contributed by atoms with Crippen molar-refractivity contribution in [3.63, 3.8) is 0 Å². The first kappa shape index (κ1) is 16.3. The standard InChI is InChI=1S/C12H10F2N2O4S2/c13-8-4-5-11(14)12(6-8)16-22(19,20)10-3-1-2-9(7-10)21(15,17)18/h1-7,16H,(H2,15,17,18). The van der Waals surface area contributed by atoms with E-state index in [2.05, 4.69) is 0 Å². The molecule has 0 fully saturated rings. The lowest BCUT2D eigenvalue weighted by atomic mass is 10.3. The Morgan fingerprint density at radius 1 is 0.909 bits per heavy atom. The smallest absolute Gasteiger partial charge is 0.262 e. The minimum absolute atomic E-state index is 0.421. The fraction of sp³-hybridized carbons (Fsp3) is 0. The van der Waals surface area contributed by atoms with Crippen LogP contribution in [0.1, 0.15) is 0 Å². The van der Waals surface area contributed by atoms with Gasteiger partial charge in [-0.3, -0.25) is 4.72 Å². The van der Waals surface area contributed by atoms with Crippen molar-refractivity contribution < 1.29 is 25.6 Å². The largest absolute Gasteiger partial charge is 0.277 e. The van der Waals surface area contributed by atoms with Crippen molar-refractivity contribution >= 4 is 25.7 Å². The van der Waals surface area contributed by atoms with Crippen LogP contribution in [0.5, 0.6) is 0 Å². The maximum Gasteiger partial charge on any atom is 0.262 e. The number of nitrogens with one attached hydrogen (secondary N) is 1. The molecule has 2 aromatic carbocycles. The lowest BCUT2D eigenvalue weighted by Crippen LogP contribution is -2.16. The first-order valence-electron chi connectivity index (χ1n) is 5.70. The van der Waals surface area contributed by atoms with Crippen molar-refractivity contribution in [2.24, 2.45) is 5.14 Å². The third-order valence-electron chi connectivity index (χ3n) is 2.62. The van der Waals surface area contributed by atoms with Crippen molar-refractivity contribution in [2.45, 2.75) is 9.79 Å². The maximum atomic E-state index is 13.5. The van der Waals surface area contributed by atoms with Crippen molar-refractivity contribution in [1.29, 1.82) is 0 Å². The highest BCUT2D eigenvalue weighted by atomic mass is 32.2. The summed E-state index contributed by atoms with van der Waals surface area (Å²) >= 11 is 0. The third-order valence-corrected chi connectivity index (χ3v) is 4.89. The molecule has 0 heterocycles. The number of benzene rings is 2. The van der Waals surface area contributed by atoms with Crippen LogP contribution in [0.3, 0.4) is 0 Å². The van der Waals surface area contributed by atoms with Crippen LogP contribution >= 0.6 is 0 Å². The topological polar surface area (TPSA) is 106 Å². The zero-order valence-electron chi connectivity index (χ0n) is 10.8. The zero-order chi connectivity index (χ0) is 16.5. The quantitative estimate of drug-likeness (QED) is 0.871. The van der Waals surface area contributed by atoms with Crippen LogP contribution < -0.4 is 9.86 Å². The summed E-state index contributed by atoms with van der Waals surface area (Å²) in [6.45, 7) is 0. The molecule has 0 saturated heterocycles. The van der Waals surface area contributed by atoms with Gasteiger partial charge in [0.05, 0.1) is 15.5 Å². The minimum atomic E-state index is -4.31. The molecule has 6 nitrogen and oxygen atoms in total. The van der Waals surface area contributed by atoms with E-state index in [9.17, 15) is 25.6 Å². The minimum Gasteiger partial charge on any atom is -0.277 e. The molecule has 0 unspecified atom stereocenters. The molecule has 0 spiro atoms. The predicted octanol–water partition coefficient (Wildman–Crippen LogP) is 1.41. The number of hydrogen-bond donors (Lipinski definition) is 2. The molecule has 22 heavy (non-hydrogen) atoms. The average Bonchev–Trinajstić information content (AvgIpc) is 2.42. The summed E-state index contributed by atoms with van der Waals surface area (Å²) in [7, 11) is -8.41. The van der Waals surface area contributed by atoms with E-state index in [-0.39, 0.29) is 0 Å². The molecule has 2 aromatic rings. The van der Waals surface area contributed by atoms with Crippen LogP contribution in [0.25, 0.3) is 0 Å². The number of sulfonamides is 2. The van der Waals surface area contributed by atoms with Crippen LogP contribution in [-0.4, -0.2) is 16.8 Å². The van der Waals surface area contributed by atoms with Gasteiger partial charge in [0.2, 0.25) is 10.0 Å². The third kappa shape index (κ3) is 3.59. The first-order valence-corrected chi connectivity index (χ1v) is 8.73. The van der Waals surface area contributed by atoms with Gasteiger partial charge in [0.15, 0.2) is 0 Å². The summed E-state index contributed by atoms with van der Waals surface area (Å²) < 4.78 is 75.0. The second-order valence-corrected chi connectivity index (χ2v) is 7.49. The molecular weight excluding hydrogens is 338 g/mol. The van der Waals surface area contributed by atoms with Crippen LogP contribution in [0, 0.1) is 11.6 Å². The van der Waals surface area contributed by atoms with Crippen molar-refractivity contribution in [3.8, 4) is 0 Å². The number of hydrogen-bond acceptors (Lipinski definition) is 4. The van der Waals surface area contributed by atoms with E-state index in [0.29, 0.717) is 6.07 Å². The lowest BCUT2D eigenvalue weighted by molar-refractivity contribution is 0.594. The average molecular weight is 348 g/mol. The van der Waals surface area contributed by atoms with Gasteiger partial charge < -0.3 is 0 Å². The maximum absolute atomic E-state index is 13.5. The monoisotopic (exact) mass is 348 g/mol. The van der Waals surface area contributed by atoms with Gasteiger partial charge in [-0.15, -0.1) is 0 Å². The van der Waals surface area contributed by atoms with Crippen LogP contribution in [-0.2, 0) is 20.0 Å². The van der Waals surface area contributed by atoms with Gasteiger partial charge in [-0.2, -0.15) is 0 Å². The molecule has 0 aliphatic carbocycles. The Morgan fingerprint density at radius 3 is 2.18 bits per heavy atom. The molecule has 0 aliphatic heterocycles. The van der Waals surface area contributed by atoms with Crippen molar-refractivity contribution in [1.82, 2.24) is 0 Å². The number of halogens is 2. The normalized spacial score (nSPS) is 12.1. The number of rotatable bonds is 4. The molecule has 0 amide bonds. The van der Waals surface area contributed by atoms with Crippen LogP contribution in [0.2, 0.25) is 0 Å². The van der Waals surface area contributed by atoms with Crippen LogP contribution in [0.4, 0.5) is 14.5 Å². The van der Waals surface area contributed by atoms with Gasteiger partial charge in [-0.1, -0.05) is 6.07 Å². The van der Waals surface area contributed by atoms with E-state index in [1.165, 1.54) is 0 Å². The highest BCUT2D eigenvalue weighted by molar-refractivity contribution is 7.93. The van der Waals surface area contributed by atoms with E-state index in [0.717, 1.165) is 36.4 Å². The second kappa shape index (κ2) is 5.63. The van der Waals surface area contributed by atoms with Crippen molar-refractivity contribution in [2.75, 3.05) is 4.72 Å². The zero-order valence-corrected chi connectivity index (χ0v) is 12.5. The molecule has 10 heteroatoms. The summed E-state index contributed by atoms with van der Waals surface area (Å²) in [6, 6.07) is 6.43. The molecule has 0 saturated carbocycles. The summed E-state index contributed by atoms with van der Waals surface area (Å²) in [4.78, 5) is -0.877. The van der Waals surface area contributed by atoms with E-state index in [4.69, 9.17) is 5.14 Å². The summed E-state index contributed by atoms with van der Waals surface area (Å²) in [5, 5.41) is 4.91. The Kier molecular flexibility index (Phi) is 4.18. The second-order valence-electron chi connectivity index (χ2n) is 4.25. The molecule has 0 radical (unpaired) electrons. The molecule has 2 rings (SSSR count).